The number of aromatic nitrogens is 5. The van der Waals surface area contributed by atoms with Gasteiger partial charge in [-0.25, -0.2) is 4.68 Å². The number of nitrogens with one attached hydrogen (secondary N) is 2. The minimum absolute atomic E-state index is 0.0395. The maximum atomic E-state index is 13.7. The predicted octanol–water partition coefficient (Wildman–Crippen LogP) is 4.53. The largest absolute Gasteiger partial charge is 0.418 e. The van der Waals surface area contributed by atoms with E-state index in [1.165, 1.54) is 12.1 Å². The summed E-state index contributed by atoms with van der Waals surface area (Å²) >= 11 is 0. The summed E-state index contributed by atoms with van der Waals surface area (Å²) < 4.78 is 44.5. The molecule has 2 N–H and O–H groups in total. The third-order valence-electron chi connectivity index (χ3n) is 6.18. The van der Waals surface area contributed by atoms with Crippen LogP contribution in [0.15, 0.2) is 48.8 Å². The van der Waals surface area contributed by atoms with E-state index >= 15 is 0 Å². The molecule has 0 fully saturated rings. The first kappa shape index (κ1) is 26.9. The molecule has 1 amide bonds. The van der Waals surface area contributed by atoms with Gasteiger partial charge in [-0.2, -0.15) is 18.3 Å². The van der Waals surface area contributed by atoms with Crippen molar-refractivity contribution in [2.75, 3.05) is 37.8 Å². The van der Waals surface area contributed by atoms with Gasteiger partial charge < -0.3 is 15.5 Å². The van der Waals surface area contributed by atoms with Gasteiger partial charge in [0.1, 0.15) is 5.69 Å². The summed E-state index contributed by atoms with van der Waals surface area (Å²) in [5.41, 5.74) is 3.27. The number of nitrogens with zero attached hydrogens (tertiary/aromatic N) is 6. The second-order valence-electron chi connectivity index (χ2n) is 9.26. The number of hydrogen-bond acceptors (Lipinski definition) is 6. The van der Waals surface area contributed by atoms with Crippen LogP contribution in [0.5, 0.6) is 0 Å². The van der Waals surface area contributed by atoms with E-state index in [-0.39, 0.29) is 16.9 Å². The van der Waals surface area contributed by atoms with Gasteiger partial charge in [0.25, 0.3) is 5.91 Å². The first-order valence-electron chi connectivity index (χ1n) is 11.9. The predicted molar refractivity (Wildman–Crippen MR) is 139 cm³/mol. The topological polar surface area (TPSA) is 92.9 Å². The second kappa shape index (κ2) is 10.7. The average Bonchev–Trinajstić information content (AvgIpc) is 3.46. The average molecular weight is 527 g/mol. The van der Waals surface area contributed by atoms with Crippen molar-refractivity contribution in [2.24, 2.45) is 7.05 Å². The third kappa shape index (κ3) is 5.86. The highest BCUT2D eigenvalue weighted by Gasteiger charge is 2.34. The van der Waals surface area contributed by atoms with E-state index in [1.807, 2.05) is 39.9 Å². The number of hydrogen-bond donors (Lipinski definition) is 2. The molecule has 2 aromatic carbocycles. The first-order valence-corrected chi connectivity index (χ1v) is 11.9. The summed E-state index contributed by atoms with van der Waals surface area (Å²) in [4.78, 5) is 14.9. The number of alkyl halides is 3. The van der Waals surface area contributed by atoms with E-state index in [4.69, 9.17) is 0 Å². The van der Waals surface area contributed by atoms with Crippen LogP contribution in [0.1, 0.15) is 27.2 Å². The molecule has 0 aliphatic heterocycles. The summed E-state index contributed by atoms with van der Waals surface area (Å²) in [5.74, 6) is -0.545. The van der Waals surface area contributed by atoms with Crippen LogP contribution in [0.2, 0.25) is 0 Å². The lowest BCUT2D eigenvalue weighted by Crippen LogP contribution is -2.22. The maximum absolute atomic E-state index is 13.7. The summed E-state index contributed by atoms with van der Waals surface area (Å²) in [6.07, 6.45) is -1.14. The molecule has 2 heterocycles. The second-order valence-corrected chi connectivity index (χ2v) is 9.26. The SMILES string of the molecule is Cc1ccc(C(=O)Nc2ccc(NCCN(C)C)c(C(F)(F)F)c2)cc1-n1cc(-c2cnn(C)c2C)nn1. The van der Waals surface area contributed by atoms with E-state index < -0.39 is 17.6 Å². The summed E-state index contributed by atoms with van der Waals surface area (Å²) in [7, 11) is 5.51. The summed E-state index contributed by atoms with van der Waals surface area (Å²) in [6, 6.07) is 8.69. The summed E-state index contributed by atoms with van der Waals surface area (Å²) in [5, 5.41) is 18.1. The van der Waals surface area contributed by atoms with E-state index in [1.54, 1.807) is 40.0 Å². The molecule has 38 heavy (non-hydrogen) atoms. The van der Waals surface area contributed by atoms with Crippen LogP contribution in [0.4, 0.5) is 24.5 Å². The Hall–Kier alpha value is -4.19. The zero-order chi connectivity index (χ0) is 27.6. The van der Waals surface area contributed by atoms with Gasteiger partial charge in [0.05, 0.1) is 23.6 Å². The van der Waals surface area contributed by atoms with Gasteiger partial charge >= 0.3 is 6.18 Å². The molecule has 0 aliphatic carbocycles. The lowest BCUT2D eigenvalue weighted by molar-refractivity contribution is -0.136. The van der Waals surface area contributed by atoms with Crippen LogP contribution < -0.4 is 10.6 Å². The fourth-order valence-corrected chi connectivity index (χ4v) is 3.88. The quantitative estimate of drug-likeness (QED) is 0.351. The minimum Gasteiger partial charge on any atom is -0.383 e. The molecule has 0 atom stereocenters. The monoisotopic (exact) mass is 526 g/mol. The Bertz CT molecular complexity index is 1460. The molecule has 0 bridgehead atoms. The van der Waals surface area contributed by atoms with Crippen LogP contribution in [-0.2, 0) is 13.2 Å². The summed E-state index contributed by atoms with van der Waals surface area (Å²) in [6.45, 7) is 4.71. The molecule has 0 unspecified atom stereocenters. The van der Waals surface area contributed by atoms with Crippen molar-refractivity contribution in [1.29, 1.82) is 0 Å². The lowest BCUT2D eigenvalue weighted by Gasteiger charge is -2.18. The normalized spacial score (nSPS) is 11.7. The van der Waals surface area contributed by atoms with Gasteiger partial charge in [-0.05, 0) is 63.8 Å². The number of likely N-dealkylation sites (N-methyl/N-ethyl adjacent to an activating group) is 1. The van der Waals surface area contributed by atoms with Gasteiger partial charge in [0.15, 0.2) is 0 Å². The fraction of sp³-hybridized carbons (Fsp3) is 0.308. The molecule has 0 aliphatic rings. The first-order chi connectivity index (χ1) is 17.9. The van der Waals surface area contributed by atoms with Gasteiger partial charge in [0.2, 0.25) is 0 Å². The molecule has 9 nitrogen and oxygen atoms in total. The molecule has 12 heteroatoms. The van der Waals surface area contributed by atoms with E-state index in [0.717, 1.165) is 22.9 Å². The van der Waals surface area contributed by atoms with Crippen molar-refractivity contribution in [3.05, 3.63) is 71.2 Å². The molecular formula is C26H29F3N8O. The number of carbonyl (C=O) groups excluding carboxylic acids is 1. The van der Waals surface area contributed by atoms with Gasteiger partial charge in [0, 0.05) is 48.3 Å². The zero-order valence-corrected chi connectivity index (χ0v) is 21.8. The van der Waals surface area contributed by atoms with Crippen molar-refractivity contribution >= 4 is 17.3 Å². The number of benzene rings is 2. The Kier molecular flexibility index (Phi) is 7.53. The standard InChI is InChI=1S/C26H29F3N8O/c1-16-6-7-18(12-24(16)37-15-23(33-34-37)20-14-31-36(5)17(20)2)25(38)32-19-8-9-22(30-10-11-35(3)4)21(13-19)26(27,28)29/h6-9,12-15,30H,10-11H2,1-5H3,(H,32,38). The number of aryl methyl sites for hydroxylation is 2. The van der Waals surface area contributed by atoms with Crippen LogP contribution in [-0.4, -0.2) is 62.8 Å². The number of carbonyl (C=O) groups is 1. The Balaban J connectivity index is 1.56. The highest BCUT2D eigenvalue weighted by Crippen LogP contribution is 2.36. The number of halogens is 3. The Morgan fingerprint density at radius 2 is 1.87 bits per heavy atom. The molecule has 0 spiro atoms. The zero-order valence-electron chi connectivity index (χ0n) is 21.8. The minimum atomic E-state index is -4.59. The highest BCUT2D eigenvalue weighted by atomic mass is 19.4. The number of rotatable bonds is 8. The molecule has 0 saturated heterocycles. The van der Waals surface area contributed by atoms with Crippen LogP contribution in [0, 0.1) is 13.8 Å². The lowest BCUT2D eigenvalue weighted by atomic mass is 10.1. The Labute approximate surface area is 218 Å². The Morgan fingerprint density at radius 3 is 2.53 bits per heavy atom. The van der Waals surface area contributed by atoms with Crippen LogP contribution >= 0.6 is 0 Å². The maximum Gasteiger partial charge on any atom is 0.418 e. The molecule has 200 valence electrons. The molecule has 4 aromatic rings. The molecular weight excluding hydrogens is 497 g/mol. The van der Waals surface area contributed by atoms with Crippen molar-refractivity contribution < 1.29 is 18.0 Å². The highest BCUT2D eigenvalue weighted by molar-refractivity contribution is 6.04. The van der Waals surface area contributed by atoms with Crippen molar-refractivity contribution in [3.63, 3.8) is 0 Å². The molecule has 0 radical (unpaired) electrons. The Morgan fingerprint density at radius 1 is 1.11 bits per heavy atom. The van der Waals surface area contributed by atoms with Gasteiger partial charge in [-0.1, -0.05) is 11.3 Å². The van der Waals surface area contributed by atoms with Crippen molar-refractivity contribution in [2.45, 2.75) is 20.0 Å². The van der Waals surface area contributed by atoms with E-state index in [9.17, 15) is 18.0 Å². The fourth-order valence-electron chi connectivity index (χ4n) is 3.88. The third-order valence-corrected chi connectivity index (χ3v) is 6.18. The van der Waals surface area contributed by atoms with Gasteiger partial charge in [-0.3, -0.25) is 9.48 Å². The van der Waals surface area contributed by atoms with Crippen LogP contribution in [0.3, 0.4) is 0 Å². The molecule has 4 rings (SSSR count). The smallest absolute Gasteiger partial charge is 0.383 e. The molecule has 2 aromatic heterocycles. The van der Waals surface area contributed by atoms with E-state index in [0.29, 0.717) is 24.5 Å². The molecule has 0 saturated carbocycles. The van der Waals surface area contributed by atoms with Crippen LogP contribution in [0.25, 0.3) is 16.9 Å². The number of anilines is 2. The number of amides is 1. The van der Waals surface area contributed by atoms with Gasteiger partial charge in [-0.15, -0.1) is 5.10 Å². The van der Waals surface area contributed by atoms with Crippen molar-refractivity contribution in [3.8, 4) is 16.9 Å². The van der Waals surface area contributed by atoms with Crippen molar-refractivity contribution in [1.82, 2.24) is 29.7 Å². The van der Waals surface area contributed by atoms with E-state index in [2.05, 4.69) is 26.0 Å².